The van der Waals surface area contributed by atoms with Crippen LogP contribution in [0.3, 0.4) is 0 Å². The van der Waals surface area contributed by atoms with E-state index in [0.717, 1.165) is 48.6 Å². The van der Waals surface area contributed by atoms with Crippen LogP contribution in [-0.4, -0.2) is 36.3 Å². The van der Waals surface area contributed by atoms with E-state index in [2.05, 4.69) is 44.9 Å². The molecular weight excluding hydrogens is 344 g/mol. The average Bonchev–Trinajstić information content (AvgIpc) is 2.98. The van der Waals surface area contributed by atoms with Gasteiger partial charge in [0.25, 0.3) is 0 Å². The molecule has 0 unspecified atom stereocenters. The summed E-state index contributed by atoms with van der Waals surface area (Å²) < 4.78 is 5.65. The van der Waals surface area contributed by atoms with Crippen LogP contribution in [0.25, 0.3) is 10.4 Å². The third kappa shape index (κ3) is 4.46. The summed E-state index contributed by atoms with van der Waals surface area (Å²) in [5.41, 5.74) is 2.44. The lowest BCUT2D eigenvalue weighted by molar-refractivity contribution is 0.123. The second kappa shape index (κ2) is 8.40. The summed E-state index contributed by atoms with van der Waals surface area (Å²) in [5, 5.41) is 7.61. The van der Waals surface area contributed by atoms with Crippen molar-refractivity contribution in [1.82, 2.24) is 15.3 Å². The number of anilines is 2. The minimum atomic E-state index is 0.497. The van der Waals surface area contributed by atoms with Crippen LogP contribution in [0.5, 0.6) is 0 Å². The lowest BCUT2D eigenvalue weighted by atomic mass is 10.0. The highest BCUT2D eigenvalue weighted by Crippen LogP contribution is 2.30. The van der Waals surface area contributed by atoms with Crippen molar-refractivity contribution in [1.29, 1.82) is 0 Å². The van der Waals surface area contributed by atoms with Gasteiger partial charge in [0.1, 0.15) is 5.82 Å². The SMILES string of the molecule is c1ccc(-c2cnc(Nc3cc(C[C@H]4CNCCOC4)ccn3)s2)cc1. The van der Waals surface area contributed by atoms with Crippen LogP contribution < -0.4 is 10.6 Å². The van der Waals surface area contributed by atoms with Gasteiger partial charge in [0.05, 0.1) is 18.1 Å². The quantitative estimate of drug-likeness (QED) is 0.721. The fraction of sp³-hybridized carbons (Fsp3) is 0.300. The van der Waals surface area contributed by atoms with E-state index in [4.69, 9.17) is 4.74 Å². The maximum absolute atomic E-state index is 5.65. The average molecular weight is 366 g/mol. The van der Waals surface area contributed by atoms with E-state index in [1.807, 2.05) is 30.6 Å². The van der Waals surface area contributed by atoms with Crippen LogP contribution in [0.1, 0.15) is 5.56 Å². The fourth-order valence-corrected chi connectivity index (χ4v) is 3.90. The fourth-order valence-electron chi connectivity index (χ4n) is 3.07. The van der Waals surface area contributed by atoms with Crippen molar-refractivity contribution in [3.05, 3.63) is 60.4 Å². The van der Waals surface area contributed by atoms with E-state index in [1.165, 1.54) is 11.1 Å². The van der Waals surface area contributed by atoms with Gasteiger partial charge in [-0.1, -0.05) is 41.7 Å². The maximum atomic E-state index is 5.65. The summed E-state index contributed by atoms with van der Waals surface area (Å²) >= 11 is 1.63. The van der Waals surface area contributed by atoms with Crippen molar-refractivity contribution in [3.63, 3.8) is 0 Å². The summed E-state index contributed by atoms with van der Waals surface area (Å²) in [4.78, 5) is 10.1. The molecule has 0 aliphatic carbocycles. The molecule has 1 aliphatic heterocycles. The molecule has 134 valence electrons. The summed E-state index contributed by atoms with van der Waals surface area (Å²) in [5.74, 6) is 1.33. The van der Waals surface area contributed by atoms with E-state index in [0.29, 0.717) is 5.92 Å². The van der Waals surface area contributed by atoms with Crippen molar-refractivity contribution in [3.8, 4) is 10.4 Å². The Morgan fingerprint density at radius 3 is 3.04 bits per heavy atom. The Labute approximate surface area is 157 Å². The van der Waals surface area contributed by atoms with E-state index < -0.39 is 0 Å². The molecule has 0 radical (unpaired) electrons. The van der Waals surface area contributed by atoms with Gasteiger partial charge < -0.3 is 15.4 Å². The number of aromatic nitrogens is 2. The van der Waals surface area contributed by atoms with Gasteiger partial charge in [-0.25, -0.2) is 9.97 Å². The van der Waals surface area contributed by atoms with Gasteiger partial charge >= 0.3 is 0 Å². The molecule has 1 fully saturated rings. The number of benzene rings is 1. The van der Waals surface area contributed by atoms with Crippen molar-refractivity contribution < 1.29 is 4.74 Å². The molecule has 26 heavy (non-hydrogen) atoms. The van der Waals surface area contributed by atoms with Crippen LogP contribution in [-0.2, 0) is 11.2 Å². The molecule has 5 nitrogen and oxygen atoms in total. The molecule has 6 heteroatoms. The van der Waals surface area contributed by atoms with Crippen LogP contribution in [0.2, 0.25) is 0 Å². The monoisotopic (exact) mass is 366 g/mol. The van der Waals surface area contributed by atoms with Crippen molar-refractivity contribution in [2.45, 2.75) is 6.42 Å². The van der Waals surface area contributed by atoms with Crippen LogP contribution >= 0.6 is 11.3 Å². The van der Waals surface area contributed by atoms with Crippen molar-refractivity contribution >= 4 is 22.3 Å². The highest BCUT2D eigenvalue weighted by Gasteiger charge is 2.13. The summed E-state index contributed by atoms with van der Waals surface area (Å²) in [6, 6.07) is 14.5. The standard InChI is InChI=1S/C20H22N4OS/c1-2-4-17(5-3-1)18-13-23-20(26-18)24-19-11-15(6-7-22-19)10-16-12-21-8-9-25-14-16/h1-7,11,13,16,21H,8-10,12,14H2,(H,22,23,24)/t16-/m0/s1. The minimum absolute atomic E-state index is 0.497. The van der Waals surface area contributed by atoms with Gasteiger partial charge in [-0.2, -0.15) is 0 Å². The smallest absolute Gasteiger partial charge is 0.188 e. The number of pyridine rings is 1. The Balaban J connectivity index is 1.43. The first-order valence-electron chi connectivity index (χ1n) is 8.88. The molecule has 1 aromatic carbocycles. The Hall–Kier alpha value is -2.28. The highest BCUT2D eigenvalue weighted by molar-refractivity contribution is 7.18. The first-order valence-corrected chi connectivity index (χ1v) is 9.70. The Kier molecular flexibility index (Phi) is 5.54. The Morgan fingerprint density at radius 1 is 1.19 bits per heavy atom. The predicted molar refractivity (Wildman–Crippen MR) is 106 cm³/mol. The van der Waals surface area contributed by atoms with Gasteiger partial charge in [-0.05, 0) is 35.6 Å². The lowest BCUT2D eigenvalue weighted by Gasteiger charge is -2.14. The van der Waals surface area contributed by atoms with Crippen LogP contribution in [0.4, 0.5) is 10.9 Å². The number of hydrogen-bond acceptors (Lipinski definition) is 6. The second-order valence-corrected chi connectivity index (χ2v) is 7.45. The molecule has 4 rings (SSSR count). The van der Waals surface area contributed by atoms with Gasteiger partial charge in [0.2, 0.25) is 0 Å². The van der Waals surface area contributed by atoms with Gasteiger partial charge in [0, 0.05) is 25.5 Å². The van der Waals surface area contributed by atoms with Crippen LogP contribution in [0.15, 0.2) is 54.9 Å². The molecule has 2 N–H and O–H groups in total. The second-order valence-electron chi connectivity index (χ2n) is 6.42. The molecule has 2 aromatic heterocycles. The van der Waals surface area contributed by atoms with E-state index in [1.54, 1.807) is 11.3 Å². The van der Waals surface area contributed by atoms with Crippen molar-refractivity contribution in [2.24, 2.45) is 5.92 Å². The molecule has 0 saturated carbocycles. The van der Waals surface area contributed by atoms with Gasteiger partial charge in [-0.3, -0.25) is 0 Å². The summed E-state index contributed by atoms with van der Waals surface area (Å²) in [6.45, 7) is 3.55. The normalized spacial score (nSPS) is 17.6. The topological polar surface area (TPSA) is 59.1 Å². The highest BCUT2D eigenvalue weighted by atomic mass is 32.1. The van der Waals surface area contributed by atoms with E-state index in [-0.39, 0.29) is 0 Å². The molecule has 3 aromatic rings. The summed E-state index contributed by atoms with van der Waals surface area (Å²) in [7, 11) is 0. The molecule has 1 aliphatic rings. The molecule has 0 amide bonds. The first kappa shape index (κ1) is 17.1. The molecule has 0 spiro atoms. The molecule has 0 bridgehead atoms. The summed E-state index contributed by atoms with van der Waals surface area (Å²) in [6.07, 6.45) is 4.74. The van der Waals surface area contributed by atoms with Crippen LogP contribution in [0, 0.1) is 5.92 Å². The third-order valence-electron chi connectivity index (χ3n) is 4.36. The zero-order valence-electron chi connectivity index (χ0n) is 14.5. The molecule has 1 atom stereocenters. The molecule has 1 saturated heterocycles. The number of nitrogens with one attached hydrogen (secondary N) is 2. The van der Waals surface area contributed by atoms with E-state index in [9.17, 15) is 0 Å². The minimum Gasteiger partial charge on any atom is -0.380 e. The lowest BCUT2D eigenvalue weighted by Crippen LogP contribution is -2.24. The number of rotatable bonds is 5. The van der Waals surface area contributed by atoms with E-state index >= 15 is 0 Å². The Morgan fingerprint density at radius 2 is 2.12 bits per heavy atom. The number of hydrogen-bond donors (Lipinski definition) is 2. The maximum Gasteiger partial charge on any atom is 0.188 e. The zero-order chi connectivity index (χ0) is 17.6. The molecular formula is C20H22N4OS. The number of nitrogens with zero attached hydrogens (tertiary/aromatic N) is 2. The first-order chi connectivity index (χ1) is 12.9. The third-order valence-corrected chi connectivity index (χ3v) is 5.32. The number of ether oxygens (including phenoxy) is 1. The number of thiazole rings is 1. The van der Waals surface area contributed by atoms with Crippen molar-refractivity contribution in [2.75, 3.05) is 31.6 Å². The largest absolute Gasteiger partial charge is 0.380 e. The van der Waals surface area contributed by atoms with Gasteiger partial charge in [0.15, 0.2) is 5.13 Å². The predicted octanol–water partition coefficient (Wildman–Crippen LogP) is 3.73. The zero-order valence-corrected chi connectivity index (χ0v) is 15.3. The molecule has 3 heterocycles. The Bertz CT molecular complexity index is 829. The van der Waals surface area contributed by atoms with Gasteiger partial charge in [-0.15, -0.1) is 0 Å².